The second kappa shape index (κ2) is 6.57. The monoisotopic (exact) mass is 311 g/mol. The first-order chi connectivity index (χ1) is 9.58. The highest BCUT2D eigenvalue weighted by Crippen LogP contribution is 2.24. The standard InChI is InChI=1S/C10H13N7OS2/c1-3-6(20-9-13-4-12-8(11)15-9)7(18)14-10-17-16-5(2)19-10/h4,6H,3H2,1-2H3,(H,14,17,18)(H2,11,12,13,15). The van der Waals surface area contributed by atoms with Gasteiger partial charge in [-0.2, -0.15) is 4.98 Å². The van der Waals surface area contributed by atoms with Crippen molar-refractivity contribution in [3.8, 4) is 0 Å². The molecule has 0 aromatic carbocycles. The first-order valence-corrected chi connectivity index (χ1v) is 7.50. The molecular weight excluding hydrogens is 298 g/mol. The van der Waals surface area contributed by atoms with Crippen LogP contribution in [0.4, 0.5) is 11.1 Å². The lowest BCUT2D eigenvalue weighted by Gasteiger charge is -2.11. The van der Waals surface area contributed by atoms with E-state index in [1.165, 1.54) is 29.4 Å². The number of anilines is 2. The van der Waals surface area contributed by atoms with E-state index in [-0.39, 0.29) is 17.1 Å². The summed E-state index contributed by atoms with van der Waals surface area (Å²) in [5.41, 5.74) is 5.49. The van der Waals surface area contributed by atoms with Crippen molar-refractivity contribution < 1.29 is 4.79 Å². The molecule has 0 saturated heterocycles. The summed E-state index contributed by atoms with van der Waals surface area (Å²) in [6.45, 7) is 3.74. The summed E-state index contributed by atoms with van der Waals surface area (Å²) in [5.74, 6) is -0.0230. The lowest BCUT2D eigenvalue weighted by molar-refractivity contribution is -0.115. The fourth-order valence-electron chi connectivity index (χ4n) is 1.33. The normalized spacial score (nSPS) is 12.1. The van der Waals surface area contributed by atoms with E-state index >= 15 is 0 Å². The topological polar surface area (TPSA) is 120 Å². The van der Waals surface area contributed by atoms with Crippen molar-refractivity contribution in [1.82, 2.24) is 25.1 Å². The van der Waals surface area contributed by atoms with E-state index in [1.807, 2.05) is 13.8 Å². The van der Waals surface area contributed by atoms with Crippen LogP contribution in [0.3, 0.4) is 0 Å². The number of hydrogen-bond acceptors (Lipinski definition) is 9. The second-order valence-electron chi connectivity index (χ2n) is 3.76. The van der Waals surface area contributed by atoms with Gasteiger partial charge in [0.1, 0.15) is 11.3 Å². The maximum absolute atomic E-state index is 12.1. The van der Waals surface area contributed by atoms with Gasteiger partial charge in [-0.3, -0.25) is 10.1 Å². The van der Waals surface area contributed by atoms with Gasteiger partial charge in [0.2, 0.25) is 17.0 Å². The third-order valence-electron chi connectivity index (χ3n) is 2.24. The number of aryl methyl sites for hydroxylation is 1. The predicted molar refractivity (Wildman–Crippen MR) is 77.5 cm³/mol. The number of carbonyl (C=O) groups is 1. The fraction of sp³-hybridized carbons (Fsp3) is 0.400. The van der Waals surface area contributed by atoms with Crippen LogP contribution >= 0.6 is 23.1 Å². The number of rotatable bonds is 5. The highest BCUT2D eigenvalue weighted by molar-refractivity contribution is 8.00. The van der Waals surface area contributed by atoms with Gasteiger partial charge in [-0.1, -0.05) is 30.0 Å². The number of aromatic nitrogens is 5. The van der Waals surface area contributed by atoms with Crippen molar-refractivity contribution in [2.45, 2.75) is 30.7 Å². The maximum Gasteiger partial charge on any atom is 0.239 e. The van der Waals surface area contributed by atoms with Gasteiger partial charge in [0.25, 0.3) is 0 Å². The molecule has 2 heterocycles. The number of thioether (sulfide) groups is 1. The van der Waals surface area contributed by atoms with Gasteiger partial charge in [-0.25, -0.2) is 9.97 Å². The fourth-order valence-corrected chi connectivity index (χ4v) is 2.77. The van der Waals surface area contributed by atoms with Gasteiger partial charge < -0.3 is 5.73 Å². The van der Waals surface area contributed by atoms with Crippen molar-refractivity contribution >= 4 is 40.1 Å². The van der Waals surface area contributed by atoms with Crippen LogP contribution in [0.25, 0.3) is 0 Å². The average Bonchev–Trinajstić information content (AvgIpc) is 2.81. The average molecular weight is 311 g/mol. The minimum Gasteiger partial charge on any atom is -0.368 e. The summed E-state index contributed by atoms with van der Waals surface area (Å²) in [5, 5.41) is 11.8. The molecule has 0 radical (unpaired) electrons. The molecule has 0 saturated carbocycles. The molecule has 0 aliphatic carbocycles. The molecule has 1 atom stereocenters. The molecule has 10 heteroatoms. The number of amides is 1. The Balaban J connectivity index is 2.02. The largest absolute Gasteiger partial charge is 0.368 e. The first-order valence-electron chi connectivity index (χ1n) is 5.80. The third kappa shape index (κ3) is 3.84. The van der Waals surface area contributed by atoms with Crippen molar-refractivity contribution in [2.24, 2.45) is 0 Å². The van der Waals surface area contributed by atoms with E-state index in [0.29, 0.717) is 16.7 Å². The van der Waals surface area contributed by atoms with Crippen LogP contribution in [0.15, 0.2) is 11.5 Å². The number of carbonyl (C=O) groups excluding carboxylic acids is 1. The minimum atomic E-state index is -0.332. The SMILES string of the molecule is CCC(Sc1ncnc(N)n1)C(=O)Nc1nnc(C)s1. The van der Waals surface area contributed by atoms with Crippen LogP contribution in [-0.4, -0.2) is 36.3 Å². The quantitative estimate of drug-likeness (QED) is 0.788. The third-order valence-corrected chi connectivity index (χ3v) is 4.23. The Morgan fingerprint density at radius 3 is 2.90 bits per heavy atom. The smallest absolute Gasteiger partial charge is 0.239 e. The summed E-state index contributed by atoms with van der Waals surface area (Å²) >= 11 is 2.57. The van der Waals surface area contributed by atoms with E-state index in [2.05, 4.69) is 30.5 Å². The lowest BCUT2D eigenvalue weighted by Crippen LogP contribution is -2.24. The van der Waals surface area contributed by atoms with Crippen molar-refractivity contribution in [3.63, 3.8) is 0 Å². The zero-order valence-corrected chi connectivity index (χ0v) is 12.5. The van der Waals surface area contributed by atoms with Crippen molar-refractivity contribution in [3.05, 3.63) is 11.3 Å². The first kappa shape index (κ1) is 14.6. The molecule has 0 spiro atoms. The summed E-state index contributed by atoms with van der Waals surface area (Å²) in [6.07, 6.45) is 1.95. The second-order valence-corrected chi connectivity index (χ2v) is 6.11. The van der Waals surface area contributed by atoms with Crippen LogP contribution in [0, 0.1) is 6.92 Å². The molecule has 8 nitrogen and oxygen atoms in total. The molecule has 20 heavy (non-hydrogen) atoms. The highest BCUT2D eigenvalue weighted by atomic mass is 32.2. The minimum absolute atomic E-state index is 0.137. The number of nitrogen functional groups attached to an aromatic ring is 1. The molecule has 0 aliphatic heterocycles. The molecule has 0 fully saturated rings. The van der Waals surface area contributed by atoms with Gasteiger partial charge in [0.15, 0.2) is 5.16 Å². The molecule has 0 aliphatic rings. The van der Waals surface area contributed by atoms with Crippen LogP contribution in [-0.2, 0) is 4.79 Å². The Morgan fingerprint density at radius 2 is 2.30 bits per heavy atom. The summed E-state index contributed by atoms with van der Waals surface area (Å²) in [7, 11) is 0. The Labute approximate surface area is 123 Å². The van der Waals surface area contributed by atoms with E-state index in [4.69, 9.17) is 5.73 Å². The van der Waals surface area contributed by atoms with Crippen LogP contribution in [0.2, 0.25) is 0 Å². The zero-order valence-electron chi connectivity index (χ0n) is 10.9. The molecule has 2 rings (SSSR count). The molecule has 2 aromatic heterocycles. The Kier molecular flexibility index (Phi) is 4.79. The van der Waals surface area contributed by atoms with Gasteiger partial charge in [0, 0.05) is 0 Å². The van der Waals surface area contributed by atoms with Gasteiger partial charge in [0.05, 0.1) is 5.25 Å². The van der Waals surface area contributed by atoms with E-state index < -0.39 is 0 Å². The Morgan fingerprint density at radius 1 is 1.50 bits per heavy atom. The Hall–Kier alpha value is -1.81. The summed E-state index contributed by atoms with van der Waals surface area (Å²) < 4.78 is 0. The van der Waals surface area contributed by atoms with Crippen molar-refractivity contribution in [2.75, 3.05) is 11.1 Å². The number of nitrogens with two attached hydrogens (primary N) is 1. The molecule has 1 unspecified atom stereocenters. The predicted octanol–water partition coefficient (Wildman–Crippen LogP) is 1.12. The molecular formula is C10H13N7OS2. The zero-order chi connectivity index (χ0) is 14.5. The molecule has 106 valence electrons. The molecule has 3 N–H and O–H groups in total. The summed E-state index contributed by atoms with van der Waals surface area (Å²) in [6, 6.07) is 0. The van der Waals surface area contributed by atoms with Crippen LogP contribution in [0.1, 0.15) is 18.4 Å². The maximum atomic E-state index is 12.1. The number of nitrogens with zero attached hydrogens (tertiary/aromatic N) is 5. The van der Waals surface area contributed by atoms with Gasteiger partial charge in [-0.05, 0) is 13.3 Å². The van der Waals surface area contributed by atoms with Crippen molar-refractivity contribution in [1.29, 1.82) is 0 Å². The van der Waals surface area contributed by atoms with Gasteiger partial charge in [-0.15, -0.1) is 10.2 Å². The Bertz CT molecular complexity index is 603. The van der Waals surface area contributed by atoms with Crippen LogP contribution in [0.5, 0.6) is 0 Å². The molecule has 1 amide bonds. The van der Waals surface area contributed by atoms with E-state index in [0.717, 1.165) is 5.01 Å². The number of nitrogens with one attached hydrogen (secondary N) is 1. The van der Waals surface area contributed by atoms with Crippen LogP contribution < -0.4 is 11.1 Å². The molecule has 0 bridgehead atoms. The van der Waals surface area contributed by atoms with E-state index in [9.17, 15) is 4.79 Å². The lowest BCUT2D eigenvalue weighted by atomic mass is 10.3. The number of hydrogen-bond donors (Lipinski definition) is 2. The van der Waals surface area contributed by atoms with Gasteiger partial charge >= 0.3 is 0 Å². The highest BCUT2D eigenvalue weighted by Gasteiger charge is 2.20. The molecule has 2 aromatic rings. The van der Waals surface area contributed by atoms with E-state index in [1.54, 1.807) is 0 Å². The summed E-state index contributed by atoms with van der Waals surface area (Å²) in [4.78, 5) is 23.8.